The maximum Gasteiger partial charge on any atom is 0.337 e. The van der Waals surface area contributed by atoms with Gasteiger partial charge in [-0.05, 0) is 25.8 Å². The van der Waals surface area contributed by atoms with Gasteiger partial charge in [-0.25, -0.2) is 9.59 Å². The monoisotopic (exact) mass is 251 g/mol. The maximum atomic E-state index is 11.1. The van der Waals surface area contributed by atoms with Crippen molar-refractivity contribution in [1.29, 1.82) is 0 Å². The van der Waals surface area contributed by atoms with E-state index >= 15 is 0 Å². The Morgan fingerprint density at radius 2 is 2.00 bits per heavy atom. The molecule has 0 bridgehead atoms. The summed E-state index contributed by atoms with van der Waals surface area (Å²) >= 11 is 0. The van der Waals surface area contributed by atoms with Crippen LogP contribution in [0.1, 0.15) is 19.8 Å². The Hall–Kier alpha value is -2.04. The van der Waals surface area contributed by atoms with Gasteiger partial charge in [-0.3, -0.25) is 0 Å². The van der Waals surface area contributed by atoms with E-state index in [1.54, 1.807) is 6.08 Å². The molecule has 1 atom stereocenters. The predicted octanol–water partition coefficient (Wildman–Crippen LogP) is 1.64. The van der Waals surface area contributed by atoms with E-state index < -0.39 is 11.9 Å². The van der Waals surface area contributed by atoms with Crippen LogP contribution in [-0.2, 0) is 9.59 Å². The van der Waals surface area contributed by atoms with Gasteiger partial charge in [0.1, 0.15) is 0 Å². The van der Waals surface area contributed by atoms with E-state index in [4.69, 9.17) is 10.2 Å². The molecule has 0 spiro atoms. The van der Waals surface area contributed by atoms with E-state index in [0.29, 0.717) is 0 Å². The van der Waals surface area contributed by atoms with E-state index in [1.165, 1.54) is 19.2 Å². The lowest BCUT2D eigenvalue weighted by Crippen LogP contribution is -2.23. The van der Waals surface area contributed by atoms with Crippen molar-refractivity contribution in [3.05, 3.63) is 36.1 Å². The van der Waals surface area contributed by atoms with Crippen LogP contribution in [0.4, 0.5) is 0 Å². The topological polar surface area (TPSA) is 77.8 Å². The lowest BCUT2D eigenvalue weighted by molar-refractivity contribution is -0.132. The van der Waals surface area contributed by atoms with E-state index in [0.717, 1.165) is 19.4 Å². The molecule has 1 unspecified atom stereocenters. The molecule has 0 radical (unpaired) electrons. The number of carbonyl (C=O) groups is 2. The third-order valence-electron chi connectivity index (χ3n) is 2.88. The number of hydrogen-bond acceptors (Lipinski definition) is 3. The lowest BCUT2D eigenvalue weighted by Gasteiger charge is -2.19. The number of nitrogens with zero attached hydrogens (tertiary/aromatic N) is 1. The second kappa shape index (κ2) is 6.05. The summed E-state index contributed by atoms with van der Waals surface area (Å²) in [6, 6.07) is 0.123. The Balaban J connectivity index is 2.98. The largest absolute Gasteiger partial charge is 0.478 e. The molecular formula is C13H17NO4. The maximum absolute atomic E-state index is 11.1. The summed E-state index contributed by atoms with van der Waals surface area (Å²) in [4.78, 5) is 23.7. The van der Waals surface area contributed by atoms with Crippen molar-refractivity contribution in [2.75, 3.05) is 6.54 Å². The summed E-state index contributed by atoms with van der Waals surface area (Å²) in [5, 5.41) is 17.8. The lowest BCUT2D eigenvalue weighted by atomic mass is 10.1. The molecule has 1 aliphatic rings. The van der Waals surface area contributed by atoms with Crippen molar-refractivity contribution >= 4 is 11.9 Å². The second-order valence-corrected chi connectivity index (χ2v) is 4.21. The Labute approximate surface area is 106 Å². The number of rotatable bonds is 5. The highest BCUT2D eigenvalue weighted by atomic mass is 16.4. The summed E-state index contributed by atoms with van der Waals surface area (Å²) in [5.74, 6) is -2.26. The highest BCUT2D eigenvalue weighted by molar-refractivity contribution is 5.94. The molecule has 0 aromatic heterocycles. The average Bonchev–Trinajstić information content (AvgIpc) is 2.74. The summed E-state index contributed by atoms with van der Waals surface area (Å²) in [6.45, 7) is 5.83. The molecule has 0 saturated carbocycles. The fourth-order valence-corrected chi connectivity index (χ4v) is 1.86. The van der Waals surface area contributed by atoms with Gasteiger partial charge in [-0.1, -0.05) is 6.08 Å². The standard InChI is InChI=1S/C13H17NO4/c1-3-11-5-4-6-14(11)8-10(13(17)18)7-9(2)12(15)16/h3,7-8,11H,1,4-6H2,2H3,(H,15,16)(H,17,18). The van der Waals surface area contributed by atoms with Gasteiger partial charge in [0.2, 0.25) is 0 Å². The molecule has 1 saturated heterocycles. The fraction of sp³-hybridized carbons (Fsp3) is 0.385. The van der Waals surface area contributed by atoms with Gasteiger partial charge in [0, 0.05) is 24.4 Å². The van der Waals surface area contributed by atoms with Crippen molar-refractivity contribution in [2.45, 2.75) is 25.8 Å². The van der Waals surface area contributed by atoms with Gasteiger partial charge >= 0.3 is 11.9 Å². The molecule has 0 amide bonds. The molecule has 1 rings (SSSR count). The van der Waals surface area contributed by atoms with Crippen LogP contribution < -0.4 is 0 Å². The van der Waals surface area contributed by atoms with Crippen molar-refractivity contribution in [3.63, 3.8) is 0 Å². The second-order valence-electron chi connectivity index (χ2n) is 4.21. The zero-order valence-corrected chi connectivity index (χ0v) is 10.3. The highest BCUT2D eigenvalue weighted by Gasteiger charge is 2.20. The zero-order chi connectivity index (χ0) is 13.7. The van der Waals surface area contributed by atoms with Gasteiger partial charge in [0.25, 0.3) is 0 Å². The first-order valence-electron chi connectivity index (χ1n) is 5.70. The molecular weight excluding hydrogens is 234 g/mol. The molecule has 2 N–H and O–H groups in total. The molecule has 0 aliphatic carbocycles. The average molecular weight is 251 g/mol. The van der Waals surface area contributed by atoms with Crippen LogP contribution in [0.5, 0.6) is 0 Å². The molecule has 5 heteroatoms. The number of likely N-dealkylation sites (tertiary alicyclic amines) is 1. The quantitative estimate of drug-likeness (QED) is 0.441. The minimum Gasteiger partial charge on any atom is -0.478 e. The zero-order valence-electron chi connectivity index (χ0n) is 10.3. The van der Waals surface area contributed by atoms with E-state index in [-0.39, 0.29) is 17.2 Å². The summed E-state index contributed by atoms with van der Waals surface area (Å²) in [5.41, 5.74) is -0.0262. The van der Waals surface area contributed by atoms with Crippen molar-refractivity contribution < 1.29 is 19.8 Å². The number of carboxylic acids is 2. The molecule has 1 fully saturated rings. The number of hydrogen-bond donors (Lipinski definition) is 2. The van der Waals surface area contributed by atoms with Crippen LogP contribution in [0, 0.1) is 0 Å². The first-order chi connectivity index (χ1) is 8.45. The smallest absolute Gasteiger partial charge is 0.337 e. The van der Waals surface area contributed by atoms with Crippen LogP contribution in [0.25, 0.3) is 0 Å². The molecule has 1 aliphatic heterocycles. The van der Waals surface area contributed by atoms with Gasteiger partial charge in [0.05, 0.1) is 5.57 Å². The van der Waals surface area contributed by atoms with Crippen LogP contribution >= 0.6 is 0 Å². The van der Waals surface area contributed by atoms with Gasteiger partial charge < -0.3 is 15.1 Å². The summed E-state index contributed by atoms with van der Waals surface area (Å²) < 4.78 is 0. The van der Waals surface area contributed by atoms with Crippen molar-refractivity contribution in [3.8, 4) is 0 Å². The molecule has 0 aromatic rings. The molecule has 18 heavy (non-hydrogen) atoms. The van der Waals surface area contributed by atoms with E-state index in [1.807, 2.05) is 4.90 Å². The van der Waals surface area contributed by atoms with Gasteiger partial charge in [0.15, 0.2) is 0 Å². The first kappa shape index (κ1) is 14.0. The molecule has 0 aromatic carbocycles. The Kier molecular flexibility index (Phi) is 4.71. The third kappa shape index (κ3) is 3.48. The fourth-order valence-electron chi connectivity index (χ4n) is 1.86. The van der Waals surface area contributed by atoms with Gasteiger partial charge in [-0.15, -0.1) is 6.58 Å². The van der Waals surface area contributed by atoms with Gasteiger partial charge in [-0.2, -0.15) is 0 Å². The molecule has 1 heterocycles. The minimum absolute atomic E-state index is 0.00185. The van der Waals surface area contributed by atoms with E-state index in [9.17, 15) is 9.59 Å². The van der Waals surface area contributed by atoms with Crippen LogP contribution in [-0.4, -0.2) is 39.6 Å². The molecule has 98 valence electrons. The minimum atomic E-state index is -1.13. The number of aliphatic carboxylic acids is 2. The molecule has 5 nitrogen and oxygen atoms in total. The van der Waals surface area contributed by atoms with E-state index in [2.05, 4.69) is 6.58 Å². The van der Waals surface area contributed by atoms with Crippen LogP contribution in [0.15, 0.2) is 36.1 Å². The third-order valence-corrected chi connectivity index (χ3v) is 2.88. The summed E-state index contributed by atoms with van der Waals surface area (Å²) in [7, 11) is 0. The SMILES string of the molecule is C=CC1CCCN1C=C(C=C(C)C(=O)O)C(=O)O. The predicted molar refractivity (Wildman–Crippen MR) is 67.0 cm³/mol. The first-order valence-corrected chi connectivity index (χ1v) is 5.70. The van der Waals surface area contributed by atoms with Crippen LogP contribution in [0.3, 0.4) is 0 Å². The number of carboxylic acid groups (broad SMARTS) is 2. The van der Waals surface area contributed by atoms with Crippen molar-refractivity contribution in [2.24, 2.45) is 0 Å². The van der Waals surface area contributed by atoms with Crippen LogP contribution in [0.2, 0.25) is 0 Å². The Morgan fingerprint density at radius 3 is 2.50 bits per heavy atom. The Bertz CT molecular complexity index is 423. The summed E-state index contributed by atoms with van der Waals surface area (Å²) in [6.07, 6.45) is 6.35. The Morgan fingerprint density at radius 1 is 1.33 bits per heavy atom. The van der Waals surface area contributed by atoms with Crippen molar-refractivity contribution in [1.82, 2.24) is 4.90 Å². The normalized spacial score (nSPS) is 20.9. The highest BCUT2D eigenvalue weighted by Crippen LogP contribution is 2.19.